The lowest BCUT2D eigenvalue weighted by molar-refractivity contribution is -0.333. The first-order valence-electron chi connectivity index (χ1n) is 31.2. The zero-order valence-corrected chi connectivity index (χ0v) is 54.9. The van der Waals surface area contributed by atoms with Crippen LogP contribution in [0.25, 0.3) is 11.1 Å². The Morgan fingerprint density at radius 2 is 1.31 bits per heavy atom. The van der Waals surface area contributed by atoms with Crippen LogP contribution in [0.4, 0.5) is 0 Å². The predicted octanol–water partition coefficient (Wildman–Crippen LogP) is -0.154. The number of benzene rings is 5. The number of nitrogens with one attached hydrogen (secondary N) is 6. The highest BCUT2D eigenvalue weighted by molar-refractivity contribution is 6.32. The van der Waals surface area contributed by atoms with Crippen molar-refractivity contribution < 1.29 is 118 Å². The van der Waals surface area contributed by atoms with E-state index < -0.39 is 237 Å². The van der Waals surface area contributed by atoms with Gasteiger partial charge in [0, 0.05) is 34.7 Å². The van der Waals surface area contributed by atoms with Crippen LogP contribution in [0.15, 0.2) is 78.9 Å². The molecule has 0 aromatic heterocycles. The molecular weight excluding hydrogens is 1360 g/mol. The third-order valence-electron chi connectivity index (χ3n) is 17.5. The topological polar surface area (TPSA) is 544 Å². The van der Waals surface area contributed by atoms with Crippen LogP contribution in [0.5, 0.6) is 46.0 Å². The number of aliphatic hydroxyl groups excluding tert-OH is 6. The van der Waals surface area contributed by atoms with Gasteiger partial charge in [0.05, 0.1) is 41.3 Å². The van der Waals surface area contributed by atoms with Crippen molar-refractivity contribution in [3.8, 4) is 57.1 Å². The van der Waals surface area contributed by atoms with Gasteiger partial charge in [-0.3, -0.25) is 33.6 Å². The van der Waals surface area contributed by atoms with Crippen LogP contribution in [0.1, 0.15) is 105 Å². The first-order chi connectivity index (χ1) is 47.1. The number of rotatable bonds is 12. The number of ether oxygens (including phenoxy) is 6. The molecule has 35 heteroatoms. The molecule has 22 N–H and O–H groups in total. The Morgan fingerprint density at radius 1 is 0.710 bits per heavy atom. The number of hydrogen-bond donors (Lipinski definition) is 19. The van der Waals surface area contributed by atoms with E-state index in [1.165, 1.54) is 26.0 Å². The summed E-state index contributed by atoms with van der Waals surface area (Å²) in [6.45, 7) is 5.53. The molecule has 18 atom stereocenters. The van der Waals surface area contributed by atoms with Crippen LogP contribution in [-0.4, -0.2) is 184 Å². The van der Waals surface area contributed by atoms with E-state index in [0.29, 0.717) is 0 Å². The Hall–Kier alpha value is -9.20. The van der Waals surface area contributed by atoms with Crippen LogP contribution >= 0.6 is 23.2 Å². The maximum Gasteiger partial charge on any atom is 0.330 e. The predicted molar refractivity (Wildman–Crippen MR) is 344 cm³/mol. The van der Waals surface area contributed by atoms with Crippen molar-refractivity contribution in [3.05, 3.63) is 117 Å². The van der Waals surface area contributed by atoms with E-state index in [1.54, 1.807) is 13.8 Å². The minimum absolute atomic E-state index is 0.0742. The molecule has 5 aromatic rings. The molecular formula is C65H73Cl2N9O24. The average molecular weight is 1440 g/mol. The van der Waals surface area contributed by atoms with Crippen LogP contribution in [-0.2, 0) is 52.6 Å². The number of hydrogen-bond acceptors (Lipinski definition) is 25. The first kappa shape index (κ1) is 73.5. The number of phenolic OH excluding ortho intramolecular Hbond substituents is 3. The fourth-order valence-corrected chi connectivity index (χ4v) is 12.7. The Kier molecular flexibility index (Phi) is 21.7. The zero-order chi connectivity index (χ0) is 72.8. The number of aliphatic hydroxyl groups is 6. The molecule has 7 aliphatic heterocycles. The maximum absolute atomic E-state index is 16.0. The summed E-state index contributed by atoms with van der Waals surface area (Å²) in [6.07, 6.45) is -18.8. The Bertz CT molecular complexity index is 4060. The van der Waals surface area contributed by atoms with Gasteiger partial charge in [0.2, 0.25) is 53.4 Å². The monoisotopic (exact) mass is 1430 g/mol. The van der Waals surface area contributed by atoms with Crippen LogP contribution < -0.4 is 63.3 Å². The van der Waals surface area contributed by atoms with Crippen LogP contribution in [0.2, 0.25) is 10.0 Å². The highest BCUT2D eigenvalue weighted by Crippen LogP contribution is 2.50. The Balaban J connectivity index is 1.24. The van der Waals surface area contributed by atoms with E-state index >= 15 is 14.4 Å². The maximum atomic E-state index is 16.0. The van der Waals surface area contributed by atoms with Gasteiger partial charge in [-0.15, -0.1) is 0 Å². The molecule has 0 saturated carbocycles. The molecule has 536 valence electrons. The third-order valence-corrected chi connectivity index (χ3v) is 18.1. The fraction of sp³-hybridized carbons (Fsp3) is 0.415. The van der Waals surface area contributed by atoms with Crippen molar-refractivity contribution in [2.75, 3.05) is 6.61 Å². The number of aromatic hydroxyl groups is 3. The Labute approximate surface area is 577 Å². The first-order valence-corrected chi connectivity index (χ1v) is 31.9. The largest absolute Gasteiger partial charge is 0.508 e. The lowest BCUT2D eigenvalue weighted by Gasteiger charge is -2.47. The molecule has 0 spiro atoms. The smallest absolute Gasteiger partial charge is 0.330 e. The number of amides is 7. The van der Waals surface area contributed by atoms with Crippen LogP contribution in [0, 0.1) is 5.92 Å². The molecule has 100 heavy (non-hydrogen) atoms. The number of nitrogens with two attached hydrogens (primary N) is 3. The van der Waals surface area contributed by atoms with Crippen LogP contribution in [0.3, 0.4) is 0 Å². The Morgan fingerprint density at radius 3 is 1.90 bits per heavy atom. The number of carbonyl (C=O) groups excluding carboxylic acids is 7. The van der Waals surface area contributed by atoms with Gasteiger partial charge in [-0.2, -0.15) is 0 Å². The highest BCUT2D eigenvalue weighted by Gasteiger charge is 2.51. The summed E-state index contributed by atoms with van der Waals surface area (Å²) in [5.74, 6) is -16.3. The number of carbonyl (C=O) groups is 8. The number of fused-ring (bicyclic) bond motifs is 15. The second kappa shape index (κ2) is 29.6. The van der Waals surface area contributed by atoms with Gasteiger partial charge in [0.15, 0.2) is 29.9 Å². The number of carboxylic acid groups (broad SMARTS) is 1. The molecule has 7 amide bonds. The summed E-state index contributed by atoms with van der Waals surface area (Å²) in [6, 6.07) is -1.18. The lowest BCUT2D eigenvalue weighted by atomic mass is 9.86. The van der Waals surface area contributed by atoms with Crippen molar-refractivity contribution in [1.29, 1.82) is 0 Å². The standard InChI is InChI=1S/C65H73Cl2N9O24/c1-22(2)11-33(68)57(87)75-48-50(82)25-6-9-37(31(66)13-25)96-39-15-27-16-40(54(39)100-64-55(53(85)52(84)41(21-77)98-64)99-43-20-65(4,70)56(86)23(3)95-43)97-38-10-7-26(14-32(38)67)51(83)49-62(92)74-47(63(93)94)30-17-28(78)18-36(80)44(30)29-12-24(5-8-35(29)79)45(59(89)76-49)73-60(90)46(27)72-58(88)34(19-42(69)81)71-61(48)91/h5-10,12-18,22-23,33-34,41,43,45-53,55-56,64,77-80,82-86H,11,19-21,68,70H2,1-4H3,(H2,69,81)(H,71,91)(H,72,88)(H,73,90)(H,74,92)(H,75,87)(H,76,89)(H,93,94)/t23-,33+,34-,41?,43-,45?,46+,47-,48+,49-,50+,51+,52?,53?,55+,56+,64-,65-/m0/s1. The number of aliphatic carboxylic acids is 1. The van der Waals surface area contributed by atoms with Gasteiger partial charge in [-0.05, 0) is 103 Å². The molecule has 0 radical (unpaired) electrons. The molecule has 7 heterocycles. The van der Waals surface area contributed by atoms with E-state index in [4.69, 9.17) is 68.8 Å². The number of carboxylic acids is 1. The quantitative estimate of drug-likeness (QED) is 0.0772. The van der Waals surface area contributed by atoms with Crippen molar-refractivity contribution in [2.24, 2.45) is 23.1 Å². The molecule has 7 aliphatic rings. The summed E-state index contributed by atoms with van der Waals surface area (Å²) in [7, 11) is 0. The van der Waals surface area contributed by atoms with Crippen molar-refractivity contribution in [2.45, 2.75) is 156 Å². The summed E-state index contributed by atoms with van der Waals surface area (Å²) >= 11 is 14.1. The number of primary amides is 1. The van der Waals surface area contributed by atoms with Gasteiger partial charge in [0.1, 0.15) is 89.5 Å². The summed E-state index contributed by atoms with van der Waals surface area (Å²) < 4.78 is 38.2. The van der Waals surface area contributed by atoms with E-state index in [2.05, 4.69) is 31.9 Å². The van der Waals surface area contributed by atoms with Crippen molar-refractivity contribution in [1.82, 2.24) is 31.9 Å². The lowest BCUT2D eigenvalue weighted by Crippen LogP contribution is -2.64. The van der Waals surface area contributed by atoms with Gasteiger partial charge < -0.3 is 129 Å². The number of phenols is 3. The second-order valence-electron chi connectivity index (χ2n) is 25.5. The molecule has 12 rings (SSSR count). The number of halogens is 2. The van der Waals surface area contributed by atoms with Gasteiger partial charge >= 0.3 is 5.97 Å². The molecule has 5 aromatic carbocycles. The van der Waals surface area contributed by atoms with E-state index in [-0.39, 0.29) is 46.2 Å². The zero-order valence-electron chi connectivity index (χ0n) is 53.4. The minimum Gasteiger partial charge on any atom is -0.508 e. The molecule has 2 fully saturated rings. The fourth-order valence-electron chi connectivity index (χ4n) is 12.3. The summed E-state index contributed by atoms with van der Waals surface area (Å²) in [5.41, 5.74) is 14.1. The van der Waals surface area contributed by atoms with E-state index in [0.717, 1.165) is 66.7 Å². The third kappa shape index (κ3) is 15.4. The van der Waals surface area contributed by atoms with E-state index in [1.807, 2.05) is 0 Å². The second-order valence-corrected chi connectivity index (χ2v) is 26.3. The normalized spacial score (nSPS) is 29.6. The van der Waals surface area contributed by atoms with Crippen molar-refractivity contribution >= 4 is 70.5 Å². The molecule has 4 unspecified atom stereocenters. The summed E-state index contributed by atoms with van der Waals surface area (Å²) in [4.78, 5) is 116. The van der Waals surface area contributed by atoms with Gasteiger partial charge in [0.25, 0.3) is 0 Å². The van der Waals surface area contributed by atoms with Crippen molar-refractivity contribution in [3.63, 3.8) is 0 Å². The van der Waals surface area contributed by atoms with Gasteiger partial charge in [-0.1, -0.05) is 55.2 Å². The molecule has 0 aliphatic carbocycles. The molecule has 11 bridgehead atoms. The highest BCUT2D eigenvalue weighted by atomic mass is 35.5. The summed E-state index contributed by atoms with van der Waals surface area (Å²) in [5, 5.41) is 127. The van der Waals surface area contributed by atoms with E-state index in [9.17, 15) is 75.0 Å². The molecule has 33 nitrogen and oxygen atoms in total. The SMILES string of the molecule is CC(C)C[C@@H](N)C(=O)N[C@H]1C(=O)N[C@@H](CC(N)=O)C(=O)N[C@H]2C(=O)NC3C(=O)N[C@H](C(=O)N[C@H](C(=O)O)c4cc(O)cc(O)c4-c4cc3ccc4O)[C@H](O)c3ccc(c(Cl)c3)Oc3cc2cc(c3O[C@@H]2OC(CO)C(O)C(O)[C@H]2O[C@H]2C[C@](C)(N)[C@H](O)[C@H](C)O2)Oc2ccc(cc2Cl)[C@H]1O. The average Bonchev–Trinajstić information content (AvgIpc) is 0.768. The minimum atomic E-state index is -2.35. The molecule has 2 saturated heterocycles. The van der Waals surface area contributed by atoms with Gasteiger partial charge in [-0.25, -0.2) is 4.79 Å².